The number of hydrogen-bond acceptors (Lipinski definition) is 4. The van der Waals surface area contributed by atoms with Crippen molar-refractivity contribution < 1.29 is 8.78 Å². The molecule has 0 spiro atoms. The molecule has 0 aliphatic rings. The molecule has 4 nitrogen and oxygen atoms in total. The Labute approximate surface area is 111 Å². The summed E-state index contributed by atoms with van der Waals surface area (Å²) in [6, 6.07) is 2.71. The summed E-state index contributed by atoms with van der Waals surface area (Å²) in [7, 11) is 0. The molecule has 2 heterocycles. The van der Waals surface area contributed by atoms with E-state index in [1.165, 1.54) is 12.1 Å². The van der Waals surface area contributed by atoms with Crippen LogP contribution in [0.4, 0.5) is 8.78 Å². The van der Waals surface area contributed by atoms with E-state index in [0.717, 1.165) is 0 Å². The first-order chi connectivity index (χ1) is 8.75. The predicted octanol–water partition coefficient (Wildman–Crippen LogP) is 1.12. The van der Waals surface area contributed by atoms with E-state index in [2.05, 4.69) is 15.9 Å². The first-order valence-electron chi connectivity index (χ1n) is 4.91. The van der Waals surface area contributed by atoms with Gasteiger partial charge in [-0.15, -0.1) is 0 Å². The van der Waals surface area contributed by atoms with Crippen LogP contribution >= 0.6 is 0 Å². The number of nitrogens with zero attached hydrogens (tertiary/aromatic N) is 4. The molecule has 2 aromatic carbocycles. The molecule has 18 heavy (non-hydrogen) atoms. The molecule has 88 valence electrons. The molecule has 0 unspecified atom stereocenters. The van der Waals surface area contributed by atoms with Gasteiger partial charge in [-0.3, -0.25) is 0 Å². The SMILES string of the molecule is Fc1cc2c(cc(F)c3n[se]nc32)c2n[se]nc12. The first kappa shape index (κ1) is 10.7. The predicted molar refractivity (Wildman–Crippen MR) is 63.9 cm³/mol. The number of halogens is 2. The summed E-state index contributed by atoms with van der Waals surface area (Å²) in [6.07, 6.45) is 0. The number of rotatable bonds is 0. The Balaban J connectivity index is 2.40. The van der Waals surface area contributed by atoms with Crippen molar-refractivity contribution in [2.24, 2.45) is 0 Å². The molecule has 4 aromatic rings. The van der Waals surface area contributed by atoms with Crippen molar-refractivity contribution in [1.29, 1.82) is 0 Å². The van der Waals surface area contributed by atoms with Gasteiger partial charge in [0.05, 0.1) is 0 Å². The molecular weight excluding hydrogens is 372 g/mol. The second-order valence-electron chi connectivity index (χ2n) is 3.73. The molecular formula is C10H2F2N4Se2. The van der Waals surface area contributed by atoms with Crippen LogP contribution in [0.2, 0.25) is 0 Å². The second kappa shape index (κ2) is 3.65. The average Bonchev–Trinajstić information content (AvgIpc) is 2.98. The maximum absolute atomic E-state index is 13.9. The summed E-state index contributed by atoms with van der Waals surface area (Å²) in [6.45, 7) is 0. The van der Waals surface area contributed by atoms with Gasteiger partial charge in [0.1, 0.15) is 0 Å². The molecule has 0 amide bonds. The van der Waals surface area contributed by atoms with Crippen molar-refractivity contribution in [2.45, 2.75) is 0 Å². The summed E-state index contributed by atoms with van der Waals surface area (Å²) in [5.41, 5.74) is 1.37. The van der Waals surface area contributed by atoms with Crippen molar-refractivity contribution in [3.05, 3.63) is 23.8 Å². The molecule has 0 N–H and O–H groups in total. The third-order valence-electron chi connectivity index (χ3n) is 2.77. The topological polar surface area (TPSA) is 51.6 Å². The number of fused-ring (bicyclic) bond motifs is 5. The molecule has 0 atom stereocenters. The molecule has 0 aliphatic carbocycles. The molecule has 0 saturated carbocycles. The van der Waals surface area contributed by atoms with Crippen LogP contribution in [0.25, 0.3) is 32.8 Å². The number of aromatic nitrogens is 4. The summed E-state index contributed by atoms with van der Waals surface area (Å²) in [4.78, 5) is 0. The minimum absolute atomic E-state index is 0.238. The van der Waals surface area contributed by atoms with E-state index in [1.807, 2.05) is 0 Å². The standard InChI is InChI=1S/C10H2F2N4Se2/c11-5-1-3-4(8-9(5)15-18-14-8)2-6(12)10-7(3)13-17-16-10/h1-2H. The Kier molecular flexibility index (Phi) is 2.17. The quantitative estimate of drug-likeness (QED) is 0.433. The van der Waals surface area contributed by atoms with Gasteiger partial charge in [-0.2, -0.15) is 0 Å². The summed E-state index contributed by atoms with van der Waals surface area (Å²) in [5, 5.41) is 1.14. The Hall–Kier alpha value is -1.20. The molecule has 0 radical (unpaired) electrons. The van der Waals surface area contributed by atoms with Crippen molar-refractivity contribution in [3.8, 4) is 0 Å². The first-order valence-corrected chi connectivity index (χ1v) is 7.97. The fourth-order valence-electron chi connectivity index (χ4n) is 1.98. The van der Waals surface area contributed by atoms with Gasteiger partial charge in [0.2, 0.25) is 0 Å². The zero-order valence-corrected chi connectivity index (χ0v) is 11.9. The van der Waals surface area contributed by atoms with E-state index in [0.29, 0.717) is 21.8 Å². The minimum atomic E-state index is -0.427. The summed E-state index contributed by atoms with van der Waals surface area (Å²) < 4.78 is 44.2. The second-order valence-corrected chi connectivity index (χ2v) is 5.95. The van der Waals surface area contributed by atoms with E-state index < -0.39 is 11.6 Å². The Morgan fingerprint density at radius 3 is 1.50 bits per heavy atom. The van der Waals surface area contributed by atoms with Gasteiger partial charge in [0, 0.05) is 0 Å². The van der Waals surface area contributed by atoms with Crippen LogP contribution in [-0.4, -0.2) is 45.8 Å². The van der Waals surface area contributed by atoms with Crippen molar-refractivity contribution in [3.63, 3.8) is 0 Å². The van der Waals surface area contributed by atoms with Crippen molar-refractivity contribution in [2.75, 3.05) is 0 Å². The van der Waals surface area contributed by atoms with E-state index in [4.69, 9.17) is 0 Å². The van der Waals surface area contributed by atoms with Gasteiger partial charge in [-0.1, -0.05) is 0 Å². The molecule has 8 heteroatoms. The zero-order valence-electron chi connectivity index (χ0n) is 8.52. The summed E-state index contributed by atoms with van der Waals surface area (Å²) >= 11 is -0.698. The molecule has 2 aromatic heterocycles. The average molecular weight is 374 g/mol. The Bertz CT molecular complexity index is 839. The van der Waals surface area contributed by atoms with Gasteiger partial charge in [0.25, 0.3) is 0 Å². The van der Waals surface area contributed by atoms with Gasteiger partial charge >= 0.3 is 111 Å². The van der Waals surface area contributed by atoms with Crippen LogP contribution in [-0.2, 0) is 0 Å². The Morgan fingerprint density at radius 1 is 0.667 bits per heavy atom. The monoisotopic (exact) mass is 376 g/mol. The van der Waals surface area contributed by atoms with E-state index in [1.54, 1.807) is 0 Å². The fourth-order valence-corrected chi connectivity index (χ4v) is 4.34. The van der Waals surface area contributed by atoms with E-state index in [-0.39, 0.29) is 41.0 Å². The van der Waals surface area contributed by atoms with Crippen molar-refractivity contribution >= 4 is 62.8 Å². The van der Waals surface area contributed by atoms with Gasteiger partial charge in [-0.05, 0) is 0 Å². The van der Waals surface area contributed by atoms with Crippen LogP contribution in [0.3, 0.4) is 0 Å². The van der Waals surface area contributed by atoms with Crippen LogP contribution in [0.5, 0.6) is 0 Å². The van der Waals surface area contributed by atoms with Crippen LogP contribution in [0, 0.1) is 11.6 Å². The normalized spacial score (nSPS) is 11.9. The molecule has 0 fully saturated rings. The summed E-state index contributed by atoms with van der Waals surface area (Å²) in [5.74, 6) is -0.854. The van der Waals surface area contributed by atoms with Crippen LogP contribution in [0.1, 0.15) is 0 Å². The number of benzene rings is 2. The van der Waals surface area contributed by atoms with Gasteiger partial charge < -0.3 is 0 Å². The van der Waals surface area contributed by atoms with E-state index >= 15 is 0 Å². The maximum atomic E-state index is 13.9. The van der Waals surface area contributed by atoms with E-state index in [9.17, 15) is 8.78 Å². The third kappa shape index (κ3) is 1.29. The van der Waals surface area contributed by atoms with Gasteiger partial charge in [0.15, 0.2) is 0 Å². The molecule has 0 aliphatic heterocycles. The molecule has 4 rings (SSSR count). The van der Waals surface area contributed by atoms with Gasteiger partial charge in [-0.25, -0.2) is 0 Å². The fraction of sp³-hybridized carbons (Fsp3) is 0. The number of hydrogen-bond donors (Lipinski definition) is 0. The molecule has 0 bridgehead atoms. The Morgan fingerprint density at radius 2 is 1.06 bits per heavy atom. The van der Waals surface area contributed by atoms with Crippen LogP contribution < -0.4 is 0 Å². The zero-order chi connectivity index (χ0) is 12.3. The van der Waals surface area contributed by atoms with Crippen LogP contribution in [0.15, 0.2) is 12.1 Å². The third-order valence-corrected chi connectivity index (χ3v) is 4.99. The molecule has 0 saturated heterocycles. The van der Waals surface area contributed by atoms with Crippen molar-refractivity contribution in [1.82, 2.24) is 15.9 Å².